The number of hydrogen-bond acceptors (Lipinski definition) is 3. The number of amides is 1. The molecule has 0 aromatic heterocycles. The van der Waals surface area contributed by atoms with Crippen molar-refractivity contribution in [2.24, 2.45) is 5.73 Å². The molecule has 0 heterocycles. The predicted octanol–water partition coefficient (Wildman–Crippen LogP) is 0.791. The van der Waals surface area contributed by atoms with Crippen LogP contribution in [0.5, 0.6) is 0 Å². The molecule has 0 saturated carbocycles. The molecule has 4 heteroatoms. The fraction of sp³-hybridized carbons (Fsp3) is 0.462. The van der Waals surface area contributed by atoms with Gasteiger partial charge in [0.2, 0.25) is 0 Å². The highest BCUT2D eigenvalue weighted by Crippen LogP contribution is 2.01. The van der Waals surface area contributed by atoms with Crippen LogP contribution in [0, 0.1) is 0 Å². The second-order valence-corrected chi connectivity index (χ2v) is 4.10. The molecule has 0 unspecified atom stereocenters. The summed E-state index contributed by atoms with van der Waals surface area (Å²) in [5, 5.41) is 12.3. The summed E-state index contributed by atoms with van der Waals surface area (Å²) < 4.78 is 0. The maximum absolute atomic E-state index is 11.6. The van der Waals surface area contributed by atoms with Crippen LogP contribution in [-0.4, -0.2) is 23.2 Å². The molecule has 0 bridgehead atoms. The zero-order valence-electron chi connectivity index (χ0n) is 10.1. The molecule has 1 aromatic carbocycles. The summed E-state index contributed by atoms with van der Waals surface area (Å²) in [5.74, 6) is -0.408. The van der Waals surface area contributed by atoms with E-state index >= 15 is 0 Å². The predicted molar refractivity (Wildman–Crippen MR) is 67.2 cm³/mol. The van der Waals surface area contributed by atoms with Crippen LogP contribution in [0.15, 0.2) is 30.3 Å². The van der Waals surface area contributed by atoms with Crippen molar-refractivity contribution in [2.75, 3.05) is 0 Å². The van der Waals surface area contributed by atoms with Crippen molar-refractivity contribution in [3.05, 3.63) is 35.9 Å². The number of nitrogens with two attached hydrogens (primary N) is 1. The SMILES string of the molecule is CCC[C@H](N)[C@H](O)C(=O)NCc1ccccc1. The largest absolute Gasteiger partial charge is 0.382 e. The molecule has 0 aliphatic heterocycles. The molecule has 1 aromatic rings. The van der Waals surface area contributed by atoms with Crippen LogP contribution in [0.25, 0.3) is 0 Å². The average Bonchev–Trinajstić information content (AvgIpc) is 2.36. The Morgan fingerprint density at radius 1 is 1.41 bits per heavy atom. The minimum atomic E-state index is -1.13. The van der Waals surface area contributed by atoms with Crippen LogP contribution in [0.4, 0.5) is 0 Å². The van der Waals surface area contributed by atoms with Gasteiger partial charge in [-0.25, -0.2) is 0 Å². The second-order valence-electron chi connectivity index (χ2n) is 4.10. The zero-order valence-corrected chi connectivity index (χ0v) is 10.1. The highest BCUT2D eigenvalue weighted by molar-refractivity contribution is 5.81. The molecule has 2 atom stereocenters. The van der Waals surface area contributed by atoms with Crippen LogP contribution in [0.2, 0.25) is 0 Å². The minimum Gasteiger partial charge on any atom is -0.382 e. The summed E-state index contributed by atoms with van der Waals surface area (Å²) in [4.78, 5) is 11.6. The van der Waals surface area contributed by atoms with Crippen molar-refractivity contribution in [3.63, 3.8) is 0 Å². The highest BCUT2D eigenvalue weighted by Gasteiger charge is 2.21. The van der Waals surface area contributed by atoms with Gasteiger partial charge in [0.15, 0.2) is 0 Å². The van der Waals surface area contributed by atoms with Gasteiger partial charge in [0.05, 0.1) is 0 Å². The van der Waals surface area contributed by atoms with Gasteiger partial charge >= 0.3 is 0 Å². The lowest BCUT2D eigenvalue weighted by Gasteiger charge is -2.17. The lowest BCUT2D eigenvalue weighted by atomic mass is 10.1. The Morgan fingerprint density at radius 3 is 2.65 bits per heavy atom. The molecule has 1 rings (SSSR count). The van der Waals surface area contributed by atoms with Gasteiger partial charge in [0.25, 0.3) is 5.91 Å². The van der Waals surface area contributed by atoms with E-state index in [-0.39, 0.29) is 0 Å². The third-order valence-electron chi connectivity index (χ3n) is 2.61. The maximum Gasteiger partial charge on any atom is 0.250 e. The fourth-order valence-corrected chi connectivity index (χ4v) is 1.58. The van der Waals surface area contributed by atoms with Crippen molar-refractivity contribution >= 4 is 5.91 Å². The molecule has 0 fully saturated rings. The zero-order chi connectivity index (χ0) is 12.7. The van der Waals surface area contributed by atoms with E-state index in [0.717, 1.165) is 12.0 Å². The van der Waals surface area contributed by atoms with Gasteiger partial charge in [-0.3, -0.25) is 4.79 Å². The first-order valence-corrected chi connectivity index (χ1v) is 5.90. The molecular formula is C13H20N2O2. The van der Waals surface area contributed by atoms with Gasteiger partial charge in [0, 0.05) is 12.6 Å². The van der Waals surface area contributed by atoms with Crippen molar-refractivity contribution in [1.29, 1.82) is 0 Å². The van der Waals surface area contributed by atoms with Crippen LogP contribution >= 0.6 is 0 Å². The van der Waals surface area contributed by atoms with Gasteiger partial charge < -0.3 is 16.2 Å². The van der Waals surface area contributed by atoms with Crippen molar-refractivity contribution in [1.82, 2.24) is 5.32 Å². The van der Waals surface area contributed by atoms with E-state index < -0.39 is 18.1 Å². The fourth-order valence-electron chi connectivity index (χ4n) is 1.58. The van der Waals surface area contributed by atoms with Crippen LogP contribution in [0.3, 0.4) is 0 Å². The highest BCUT2D eigenvalue weighted by atomic mass is 16.3. The van der Waals surface area contributed by atoms with E-state index in [4.69, 9.17) is 5.73 Å². The smallest absolute Gasteiger partial charge is 0.250 e. The molecule has 4 N–H and O–H groups in total. The Labute approximate surface area is 102 Å². The number of hydrogen-bond donors (Lipinski definition) is 3. The molecule has 94 valence electrons. The molecule has 0 radical (unpaired) electrons. The number of rotatable bonds is 6. The number of aliphatic hydroxyl groups excluding tert-OH is 1. The van der Waals surface area contributed by atoms with E-state index in [0.29, 0.717) is 13.0 Å². The minimum absolute atomic E-state index is 0.408. The van der Waals surface area contributed by atoms with Crippen LogP contribution in [0.1, 0.15) is 25.3 Å². The first kappa shape index (κ1) is 13.7. The Kier molecular flexibility index (Phi) is 5.66. The topological polar surface area (TPSA) is 75.3 Å². The summed E-state index contributed by atoms with van der Waals surface area (Å²) >= 11 is 0. The van der Waals surface area contributed by atoms with Crippen molar-refractivity contribution < 1.29 is 9.90 Å². The molecule has 1 amide bonds. The molecule has 0 spiro atoms. The molecule has 17 heavy (non-hydrogen) atoms. The lowest BCUT2D eigenvalue weighted by Crippen LogP contribution is -2.46. The van der Waals surface area contributed by atoms with E-state index in [1.54, 1.807) is 0 Å². The Balaban J connectivity index is 2.39. The molecule has 0 saturated heterocycles. The summed E-state index contributed by atoms with van der Waals surface area (Å²) in [5.41, 5.74) is 6.68. The number of carbonyl (C=O) groups excluding carboxylic acids is 1. The van der Waals surface area contributed by atoms with Gasteiger partial charge in [-0.15, -0.1) is 0 Å². The van der Waals surface area contributed by atoms with E-state index in [2.05, 4.69) is 5.32 Å². The molecule has 0 aliphatic rings. The molecular weight excluding hydrogens is 216 g/mol. The number of nitrogens with one attached hydrogen (secondary N) is 1. The third kappa shape index (κ3) is 4.54. The maximum atomic E-state index is 11.6. The summed E-state index contributed by atoms with van der Waals surface area (Å²) in [6, 6.07) is 9.06. The van der Waals surface area contributed by atoms with Crippen LogP contribution in [-0.2, 0) is 11.3 Å². The average molecular weight is 236 g/mol. The van der Waals surface area contributed by atoms with Gasteiger partial charge in [-0.1, -0.05) is 43.7 Å². The first-order chi connectivity index (χ1) is 8.15. The summed E-state index contributed by atoms with van der Waals surface area (Å²) in [6.45, 7) is 2.38. The molecule has 4 nitrogen and oxygen atoms in total. The standard InChI is InChI=1S/C13H20N2O2/c1-2-6-11(14)12(16)13(17)15-9-10-7-4-3-5-8-10/h3-5,7-8,11-12,16H,2,6,9,14H2,1H3,(H,15,17)/t11-,12-/m0/s1. The Bertz CT molecular complexity index is 341. The summed E-state index contributed by atoms with van der Waals surface area (Å²) in [6.07, 6.45) is 0.364. The van der Waals surface area contributed by atoms with Crippen molar-refractivity contribution in [3.8, 4) is 0 Å². The Morgan fingerprint density at radius 2 is 2.06 bits per heavy atom. The Hall–Kier alpha value is -1.39. The van der Waals surface area contributed by atoms with E-state index in [1.807, 2.05) is 37.3 Å². The van der Waals surface area contributed by atoms with Gasteiger partial charge in [0.1, 0.15) is 6.10 Å². The summed E-state index contributed by atoms with van der Waals surface area (Å²) in [7, 11) is 0. The van der Waals surface area contributed by atoms with E-state index in [1.165, 1.54) is 0 Å². The van der Waals surface area contributed by atoms with Crippen LogP contribution < -0.4 is 11.1 Å². The van der Waals surface area contributed by atoms with E-state index in [9.17, 15) is 9.90 Å². The quantitative estimate of drug-likeness (QED) is 0.683. The first-order valence-electron chi connectivity index (χ1n) is 5.90. The third-order valence-corrected chi connectivity index (χ3v) is 2.61. The number of aliphatic hydroxyl groups is 1. The number of carbonyl (C=O) groups is 1. The monoisotopic (exact) mass is 236 g/mol. The van der Waals surface area contributed by atoms with Gasteiger partial charge in [-0.2, -0.15) is 0 Å². The van der Waals surface area contributed by atoms with Crippen molar-refractivity contribution in [2.45, 2.75) is 38.5 Å². The van der Waals surface area contributed by atoms with Gasteiger partial charge in [-0.05, 0) is 12.0 Å². The number of benzene rings is 1. The second kappa shape index (κ2) is 7.04. The lowest BCUT2D eigenvalue weighted by molar-refractivity contribution is -0.130. The normalized spacial score (nSPS) is 14.1. The molecule has 0 aliphatic carbocycles.